The van der Waals surface area contributed by atoms with Crippen LogP contribution in [0.2, 0.25) is 0 Å². The molecular formula is C8H7F3N2O2. The number of anilines is 1. The van der Waals surface area contributed by atoms with Crippen molar-refractivity contribution in [2.24, 2.45) is 0 Å². The van der Waals surface area contributed by atoms with Gasteiger partial charge in [0.25, 0.3) is 5.78 Å². The van der Waals surface area contributed by atoms with Crippen LogP contribution in [0.3, 0.4) is 0 Å². The smallest absolute Gasteiger partial charge is 0.454 e. The third kappa shape index (κ3) is 2.17. The number of rotatable bonds is 2. The normalized spacial score (nSPS) is 11.2. The van der Waals surface area contributed by atoms with Crippen LogP contribution in [0.5, 0.6) is 5.88 Å². The molecule has 1 aromatic heterocycles. The SMILES string of the molecule is COc1nccc(C(=O)C(F)(F)F)c1N. The van der Waals surface area contributed by atoms with Gasteiger partial charge in [0.2, 0.25) is 5.88 Å². The molecule has 0 saturated heterocycles. The number of carbonyl (C=O) groups is 1. The van der Waals surface area contributed by atoms with Gasteiger partial charge in [0.05, 0.1) is 12.7 Å². The van der Waals surface area contributed by atoms with E-state index in [1.165, 1.54) is 7.11 Å². The van der Waals surface area contributed by atoms with Gasteiger partial charge in [0.1, 0.15) is 5.69 Å². The first kappa shape index (κ1) is 11.3. The number of hydrogen-bond donors (Lipinski definition) is 1. The lowest BCUT2D eigenvalue weighted by Crippen LogP contribution is -2.24. The molecule has 0 bridgehead atoms. The summed E-state index contributed by atoms with van der Waals surface area (Å²) in [4.78, 5) is 14.4. The Morgan fingerprint density at radius 1 is 1.53 bits per heavy atom. The fourth-order valence-corrected chi connectivity index (χ4v) is 0.967. The second-order valence-electron chi connectivity index (χ2n) is 2.61. The first-order valence-corrected chi connectivity index (χ1v) is 3.78. The molecule has 0 radical (unpaired) electrons. The zero-order chi connectivity index (χ0) is 11.6. The maximum absolute atomic E-state index is 12.1. The predicted octanol–water partition coefficient (Wildman–Crippen LogP) is 1.42. The Hall–Kier alpha value is -1.79. The minimum Gasteiger partial charge on any atom is -0.480 e. The van der Waals surface area contributed by atoms with Crippen LogP contribution in [0.1, 0.15) is 10.4 Å². The van der Waals surface area contributed by atoms with Crippen molar-refractivity contribution in [2.75, 3.05) is 12.8 Å². The molecule has 0 aromatic carbocycles. The Bertz CT molecular complexity index is 390. The van der Waals surface area contributed by atoms with Crippen molar-refractivity contribution in [3.05, 3.63) is 17.8 Å². The number of aromatic nitrogens is 1. The molecule has 7 heteroatoms. The largest absolute Gasteiger partial charge is 0.480 e. The number of ketones is 1. The summed E-state index contributed by atoms with van der Waals surface area (Å²) in [5.41, 5.74) is 4.21. The van der Waals surface area contributed by atoms with E-state index in [-0.39, 0.29) is 5.88 Å². The lowest BCUT2D eigenvalue weighted by atomic mass is 10.1. The highest BCUT2D eigenvalue weighted by Crippen LogP contribution is 2.28. The number of nitrogens with zero attached hydrogens (tertiary/aromatic N) is 1. The van der Waals surface area contributed by atoms with Crippen LogP contribution in [0.25, 0.3) is 0 Å². The summed E-state index contributed by atoms with van der Waals surface area (Å²) in [5.74, 6) is -2.22. The molecule has 0 spiro atoms. The van der Waals surface area contributed by atoms with Gasteiger partial charge in [-0.05, 0) is 6.07 Å². The summed E-state index contributed by atoms with van der Waals surface area (Å²) in [6, 6.07) is 0.897. The number of ether oxygens (including phenoxy) is 1. The quantitative estimate of drug-likeness (QED) is 0.765. The van der Waals surface area contributed by atoms with Crippen LogP contribution < -0.4 is 10.5 Å². The Balaban J connectivity index is 3.22. The Morgan fingerprint density at radius 2 is 2.13 bits per heavy atom. The topological polar surface area (TPSA) is 65.2 Å². The van der Waals surface area contributed by atoms with Crippen LogP contribution in [0.15, 0.2) is 12.3 Å². The number of pyridine rings is 1. The second kappa shape index (κ2) is 3.76. The standard InChI is InChI=1S/C8H7F3N2O2/c1-15-7-5(12)4(2-3-13-7)6(14)8(9,10)11/h2-3H,12H2,1H3. The van der Waals surface area contributed by atoms with E-state index in [2.05, 4.69) is 9.72 Å². The van der Waals surface area contributed by atoms with Gasteiger partial charge >= 0.3 is 6.18 Å². The number of alkyl halides is 3. The van der Waals surface area contributed by atoms with E-state index in [1.807, 2.05) is 0 Å². The highest BCUT2D eigenvalue weighted by molar-refractivity contribution is 6.04. The molecule has 0 aliphatic rings. The van der Waals surface area contributed by atoms with Crippen molar-refractivity contribution in [1.82, 2.24) is 4.98 Å². The molecular weight excluding hydrogens is 213 g/mol. The number of halogens is 3. The van der Waals surface area contributed by atoms with Crippen molar-refractivity contribution in [3.8, 4) is 5.88 Å². The summed E-state index contributed by atoms with van der Waals surface area (Å²) in [7, 11) is 1.19. The fourth-order valence-electron chi connectivity index (χ4n) is 0.967. The third-order valence-corrected chi connectivity index (χ3v) is 1.65. The zero-order valence-electron chi connectivity index (χ0n) is 7.63. The van der Waals surface area contributed by atoms with Crippen molar-refractivity contribution in [3.63, 3.8) is 0 Å². The number of nitrogen functional groups attached to an aromatic ring is 1. The number of methoxy groups -OCH3 is 1. The van der Waals surface area contributed by atoms with Gasteiger partial charge in [0.15, 0.2) is 0 Å². The van der Waals surface area contributed by atoms with Crippen LogP contribution in [0, 0.1) is 0 Å². The highest BCUT2D eigenvalue weighted by Gasteiger charge is 2.40. The van der Waals surface area contributed by atoms with Crippen molar-refractivity contribution < 1.29 is 22.7 Å². The molecule has 0 unspecified atom stereocenters. The monoisotopic (exact) mass is 220 g/mol. The Labute approximate surface area is 82.9 Å². The molecule has 0 saturated carbocycles. The summed E-state index contributed by atoms with van der Waals surface area (Å²) in [6.45, 7) is 0. The van der Waals surface area contributed by atoms with Crippen LogP contribution >= 0.6 is 0 Å². The van der Waals surface area contributed by atoms with E-state index in [9.17, 15) is 18.0 Å². The molecule has 0 fully saturated rings. The van der Waals surface area contributed by atoms with E-state index in [4.69, 9.17) is 5.73 Å². The van der Waals surface area contributed by atoms with Crippen LogP contribution in [-0.2, 0) is 0 Å². The van der Waals surface area contributed by atoms with Gasteiger partial charge < -0.3 is 10.5 Å². The molecule has 0 amide bonds. The first-order chi connectivity index (χ1) is 6.88. The van der Waals surface area contributed by atoms with Gasteiger partial charge in [-0.3, -0.25) is 4.79 Å². The van der Waals surface area contributed by atoms with Crippen LogP contribution in [0.4, 0.5) is 18.9 Å². The maximum atomic E-state index is 12.1. The van der Waals surface area contributed by atoms with Gasteiger partial charge in [-0.2, -0.15) is 13.2 Å². The molecule has 2 N–H and O–H groups in total. The van der Waals surface area contributed by atoms with E-state index in [1.54, 1.807) is 0 Å². The average Bonchev–Trinajstić information content (AvgIpc) is 2.16. The third-order valence-electron chi connectivity index (χ3n) is 1.65. The van der Waals surface area contributed by atoms with Gasteiger partial charge in [-0.25, -0.2) is 4.98 Å². The minimum absolute atomic E-state index is 0.204. The maximum Gasteiger partial charge on any atom is 0.454 e. The highest BCUT2D eigenvalue weighted by atomic mass is 19.4. The molecule has 1 rings (SSSR count). The molecule has 1 aromatic rings. The van der Waals surface area contributed by atoms with E-state index >= 15 is 0 Å². The van der Waals surface area contributed by atoms with Gasteiger partial charge in [0, 0.05) is 6.20 Å². The molecule has 0 aliphatic carbocycles. The Morgan fingerprint density at radius 3 is 2.60 bits per heavy atom. The van der Waals surface area contributed by atoms with E-state index in [0.717, 1.165) is 12.3 Å². The summed E-state index contributed by atoms with van der Waals surface area (Å²) < 4.78 is 40.8. The lowest BCUT2D eigenvalue weighted by Gasteiger charge is -2.09. The van der Waals surface area contributed by atoms with Crippen molar-refractivity contribution in [2.45, 2.75) is 6.18 Å². The Kier molecular flexibility index (Phi) is 2.83. The molecule has 15 heavy (non-hydrogen) atoms. The summed E-state index contributed by atoms with van der Waals surface area (Å²) in [6.07, 6.45) is -3.94. The molecule has 0 atom stereocenters. The van der Waals surface area contributed by atoms with Crippen molar-refractivity contribution in [1.29, 1.82) is 0 Å². The number of nitrogens with two attached hydrogens (primary N) is 1. The molecule has 1 heterocycles. The first-order valence-electron chi connectivity index (χ1n) is 3.78. The number of carbonyl (C=O) groups excluding carboxylic acids is 1. The minimum atomic E-state index is -4.96. The van der Waals surface area contributed by atoms with E-state index < -0.39 is 23.2 Å². The number of hydrogen-bond acceptors (Lipinski definition) is 4. The lowest BCUT2D eigenvalue weighted by molar-refractivity contribution is -0.0884. The predicted molar refractivity (Wildman–Crippen MR) is 45.6 cm³/mol. The van der Waals surface area contributed by atoms with Crippen LogP contribution in [-0.4, -0.2) is 24.1 Å². The molecule has 0 aliphatic heterocycles. The summed E-state index contributed by atoms with van der Waals surface area (Å²) in [5, 5.41) is 0. The number of Topliss-reactive ketones (excluding diaryl/α,β-unsaturated/α-hetero) is 1. The van der Waals surface area contributed by atoms with Crippen molar-refractivity contribution >= 4 is 11.5 Å². The van der Waals surface area contributed by atoms with Gasteiger partial charge in [-0.15, -0.1) is 0 Å². The van der Waals surface area contributed by atoms with E-state index in [0.29, 0.717) is 0 Å². The molecule has 4 nitrogen and oxygen atoms in total. The average molecular weight is 220 g/mol. The fraction of sp³-hybridized carbons (Fsp3) is 0.250. The zero-order valence-corrected chi connectivity index (χ0v) is 7.63. The van der Waals surface area contributed by atoms with Gasteiger partial charge in [-0.1, -0.05) is 0 Å². The molecule has 82 valence electrons. The second-order valence-corrected chi connectivity index (χ2v) is 2.61. The summed E-state index contributed by atoms with van der Waals surface area (Å²) >= 11 is 0.